The second kappa shape index (κ2) is 12.8. The molecule has 1 saturated heterocycles. The Bertz CT molecular complexity index is 56.5. The lowest BCUT2D eigenvalue weighted by atomic mass is 10.1. The molecule has 0 aromatic heterocycles. The predicted octanol–water partition coefficient (Wildman–Crippen LogP) is -1.09. The molecule has 11 heavy (non-hydrogen) atoms. The van der Waals surface area contributed by atoms with E-state index in [-0.39, 0.29) is 11.0 Å². The molecular formula is C6H18O4S. The Labute approximate surface area is 72.6 Å². The normalized spacial score (nSPS) is 20.5. The molecule has 0 bridgehead atoms. The van der Waals surface area contributed by atoms with E-state index in [1.54, 1.807) is 6.26 Å². The zero-order valence-electron chi connectivity index (χ0n) is 6.71. The van der Waals surface area contributed by atoms with Gasteiger partial charge in [-0.3, -0.25) is 0 Å². The summed E-state index contributed by atoms with van der Waals surface area (Å²) in [6.07, 6.45) is 2.73. The van der Waals surface area contributed by atoms with Crippen LogP contribution in [0.25, 0.3) is 0 Å². The first kappa shape index (κ1) is 17.3. The predicted molar refractivity (Wildman–Crippen MR) is 48.1 cm³/mol. The third-order valence-electron chi connectivity index (χ3n) is 1.28. The van der Waals surface area contributed by atoms with Crippen molar-refractivity contribution < 1.29 is 20.8 Å². The van der Waals surface area contributed by atoms with Gasteiger partial charge in [0.05, 0.1) is 6.61 Å². The molecule has 0 spiro atoms. The molecule has 1 unspecified atom stereocenters. The zero-order valence-corrected chi connectivity index (χ0v) is 7.60. The first-order valence-electron chi connectivity index (χ1n) is 3.07. The summed E-state index contributed by atoms with van der Waals surface area (Å²) in [4.78, 5) is 0. The van der Waals surface area contributed by atoms with Crippen LogP contribution in [0.5, 0.6) is 0 Å². The van der Waals surface area contributed by atoms with Gasteiger partial charge in [-0.15, -0.1) is 0 Å². The smallest absolute Gasteiger partial charge is 0.0517 e. The molecule has 0 aromatic carbocycles. The monoisotopic (exact) mass is 186 g/mol. The Morgan fingerprint density at radius 2 is 2.00 bits per heavy atom. The highest BCUT2D eigenvalue weighted by Gasteiger charge is 2.12. The maximum atomic E-state index is 8.49. The van der Waals surface area contributed by atoms with Gasteiger partial charge in [0.2, 0.25) is 0 Å². The van der Waals surface area contributed by atoms with Gasteiger partial charge in [-0.05, 0) is 12.7 Å². The number of ether oxygens (including phenoxy) is 1. The molecule has 1 rings (SSSR count). The van der Waals surface area contributed by atoms with Crippen LogP contribution in [-0.4, -0.2) is 42.1 Å². The molecule has 0 aromatic rings. The van der Waals surface area contributed by atoms with Gasteiger partial charge in [0.1, 0.15) is 0 Å². The Morgan fingerprint density at radius 1 is 1.45 bits per heavy atom. The van der Waals surface area contributed by atoms with Crippen molar-refractivity contribution in [1.82, 2.24) is 0 Å². The van der Waals surface area contributed by atoms with Gasteiger partial charge < -0.3 is 20.8 Å². The highest BCUT2D eigenvalue weighted by molar-refractivity contribution is 7.79. The average Bonchev–Trinajstić information content (AvgIpc) is 2.43. The Balaban J connectivity index is -0.000000149. The summed E-state index contributed by atoms with van der Waals surface area (Å²) in [5, 5.41) is 8.49. The summed E-state index contributed by atoms with van der Waals surface area (Å²) in [6, 6.07) is 0. The fourth-order valence-electron chi connectivity index (χ4n) is 0.727. The highest BCUT2D eigenvalue weighted by atomic mass is 32.1. The van der Waals surface area contributed by atoms with Gasteiger partial charge >= 0.3 is 0 Å². The van der Waals surface area contributed by atoms with Crippen molar-refractivity contribution in [3.05, 3.63) is 0 Å². The minimum atomic E-state index is 0. The van der Waals surface area contributed by atoms with Crippen LogP contribution in [0, 0.1) is 5.92 Å². The van der Waals surface area contributed by atoms with Crippen molar-refractivity contribution in [3.63, 3.8) is 0 Å². The molecule has 0 amide bonds. The van der Waals surface area contributed by atoms with E-state index >= 15 is 0 Å². The average molecular weight is 186 g/mol. The molecule has 5 N–H and O–H groups in total. The van der Waals surface area contributed by atoms with Crippen molar-refractivity contribution in [2.45, 2.75) is 6.42 Å². The zero-order chi connectivity index (χ0) is 7.11. The van der Waals surface area contributed by atoms with Gasteiger partial charge in [-0.2, -0.15) is 12.6 Å². The number of hydrogen-bond donors (Lipinski definition) is 2. The van der Waals surface area contributed by atoms with E-state index in [2.05, 4.69) is 12.6 Å². The molecule has 72 valence electrons. The van der Waals surface area contributed by atoms with Gasteiger partial charge in [0.25, 0.3) is 0 Å². The summed E-state index contributed by atoms with van der Waals surface area (Å²) in [6.45, 7) is 1.89. The minimum absolute atomic E-state index is 0. The van der Waals surface area contributed by atoms with E-state index in [4.69, 9.17) is 9.84 Å². The summed E-state index contributed by atoms with van der Waals surface area (Å²) >= 11 is 3.53. The third-order valence-corrected chi connectivity index (χ3v) is 1.28. The summed E-state index contributed by atoms with van der Waals surface area (Å²) in [7, 11) is 0. The summed E-state index contributed by atoms with van der Waals surface area (Å²) in [5.41, 5.74) is 0. The fraction of sp³-hybridized carbons (Fsp3) is 1.00. The van der Waals surface area contributed by atoms with E-state index in [9.17, 15) is 0 Å². The maximum Gasteiger partial charge on any atom is 0.0517 e. The largest absolute Gasteiger partial charge is 0.412 e. The number of hydrogen-bond acceptors (Lipinski definition) is 3. The summed E-state index contributed by atoms with van der Waals surface area (Å²) < 4.78 is 4.99. The number of aliphatic hydroxyl groups excluding tert-OH is 1. The van der Waals surface area contributed by atoms with Crippen LogP contribution in [0.4, 0.5) is 0 Å². The van der Waals surface area contributed by atoms with Crippen LogP contribution < -0.4 is 0 Å². The van der Waals surface area contributed by atoms with E-state index in [0.29, 0.717) is 12.5 Å². The number of thiol groups is 1. The molecule has 0 saturated carbocycles. The van der Waals surface area contributed by atoms with Crippen LogP contribution in [0.2, 0.25) is 0 Å². The van der Waals surface area contributed by atoms with Gasteiger partial charge in [0.15, 0.2) is 0 Å². The second-order valence-corrected chi connectivity index (χ2v) is 1.91. The second-order valence-electron chi connectivity index (χ2n) is 1.91. The van der Waals surface area contributed by atoms with Gasteiger partial charge in [-0.25, -0.2) is 0 Å². The molecule has 0 radical (unpaired) electrons. The van der Waals surface area contributed by atoms with Crippen LogP contribution in [0.1, 0.15) is 6.42 Å². The molecule has 1 heterocycles. The quantitative estimate of drug-likeness (QED) is 0.509. The lowest BCUT2D eigenvalue weighted by Gasteiger charge is -1.96. The lowest BCUT2D eigenvalue weighted by Crippen LogP contribution is -2.03. The highest BCUT2D eigenvalue weighted by Crippen LogP contribution is 2.09. The van der Waals surface area contributed by atoms with Crippen molar-refractivity contribution in [2.75, 3.05) is 26.1 Å². The van der Waals surface area contributed by atoms with Crippen molar-refractivity contribution >= 4 is 12.6 Å². The number of aliphatic hydroxyl groups is 1. The first-order valence-corrected chi connectivity index (χ1v) is 3.96. The molecule has 4 nitrogen and oxygen atoms in total. The SMILES string of the molecule is CS.O.O.OCC1CCOC1. The Kier molecular flexibility index (Phi) is 20.2. The molecule has 1 aliphatic heterocycles. The fourth-order valence-corrected chi connectivity index (χ4v) is 0.727. The van der Waals surface area contributed by atoms with E-state index in [0.717, 1.165) is 19.6 Å². The topological polar surface area (TPSA) is 92.5 Å². The van der Waals surface area contributed by atoms with E-state index < -0.39 is 0 Å². The number of rotatable bonds is 1. The van der Waals surface area contributed by atoms with Crippen LogP contribution in [0.15, 0.2) is 0 Å². The molecule has 1 aliphatic rings. The molecule has 0 aliphatic carbocycles. The maximum absolute atomic E-state index is 8.49. The molecule has 5 heteroatoms. The van der Waals surface area contributed by atoms with Crippen molar-refractivity contribution in [3.8, 4) is 0 Å². The molecule has 1 atom stereocenters. The van der Waals surface area contributed by atoms with Crippen LogP contribution in [-0.2, 0) is 4.74 Å². The van der Waals surface area contributed by atoms with Gasteiger partial charge in [-0.1, -0.05) is 0 Å². The summed E-state index contributed by atoms with van der Waals surface area (Å²) in [5.74, 6) is 0.431. The van der Waals surface area contributed by atoms with Crippen LogP contribution in [0.3, 0.4) is 0 Å². The van der Waals surface area contributed by atoms with E-state index in [1.807, 2.05) is 0 Å². The first-order chi connectivity index (χ1) is 4.43. The standard InChI is InChI=1S/C5H10O2.CH4S.2H2O/c6-3-5-1-2-7-4-5;1-2;;/h5-6H,1-4H2;2H,1H3;2*1H2. The van der Waals surface area contributed by atoms with Crippen LogP contribution >= 0.6 is 12.6 Å². The van der Waals surface area contributed by atoms with Crippen molar-refractivity contribution in [1.29, 1.82) is 0 Å². The molecular weight excluding hydrogens is 168 g/mol. The van der Waals surface area contributed by atoms with Gasteiger partial charge in [0, 0.05) is 19.1 Å². The lowest BCUT2D eigenvalue weighted by molar-refractivity contribution is 0.161. The molecule has 1 fully saturated rings. The third kappa shape index (κ3) is 8.09. The Hall–Kier alpha value is 0.190. The Morgan fingerprint density at radius 3 is 2.18 bits per heavy atom. The minimum Gasteiger partial charge on any atom is -0.412 e. The van der Waals surface area contributed by atoms with E-state index in [1.165, 1.54) is 0 Å². The van der Waals surface area contributed by atoms with Crippen molar-refractivity contribution in [2.24, 2.45) is 5.92 Å².